The molecule has 0 saturated carbocycles. The lowest BCUT2D eigenvalue weighted by molar-refractivity contribution is -0.384. The van der Waals surface area contributed by atoms with Crippen molar-refractivity contribution in [1.82, 2.24) is 5.32 Å². The van der Waals surface area contributed by atoms with Gasteiger partial charge in [-0.05, 0) is 29.8 Å². The van der Waals surface area contributed by atoms with E-state index in [0.717, 1.165) is 12.1 Å². The fourth-order valence-electron chi connectivity index (χ4n) is 1.98. The molecule has 8 nitrogen and oxygen atoms in total. The van der Waals surface area contributed by atoms with Crippen molar-refractivity contribution in [2.24, 2.45) is 0 Å². The third kappa shape index (κ3) is 4.68. The summed E-state index contributed by atoms with van der Waals surface area (Å²) in [6.45, 7) is 0. The van der Waals surface area contributed by atoms with Gasteiger partial charge in [-0.2, -0.15) is 0 Å². The molecule has 0 heterocycles. The molecule has 2 aromatic carbocycles. The number of nitrogens with zero attached hydrogens (tertiary/aromatic N) is 1. The predicted octanol–water partition coefficient (Wildman–Crippen LogP) is 2.34. The molecule has 10 heteroatoms. The average molecular weight is 384 g/mol. The first kappa shape index (κ1) is 18.7. The lowest BCUT2D eigenvalue weighted by Gasteiger charge is -2.09. The van der Waals surface area contributed by atoms with Gasteiger partial charge in [0.2, 0.25) is 5.91 Å². The van der Waals surface area contributed by atoms with E-state index in [9.17, 15) is 23.3 Å². The number of carbonyl (C=O) groups excluding carboxylic acids is 1. The molecule has 0 aromatic heterocycles. The second-order valence-corrected chi connectivity index (χ2v) is 7.11. The molecule has 0 saturated heterocycles. The third-order valence-electron chi connectivity index (χ3n) is 3.27. The molecule has 0 fully saturated rings. The number of sulfonamides is 1. The number of carbonyl (C=O) groups is 1. The minimum absolute atomic E-state index is 0.150. The van der Waals surface area contributed by atoms with E-state index >= 15 is 0 Å². The highest BCUT2D eigenvalue weighted by molar-refractivity contribution is 7.92. The fourth-order valence-corrected chi connectivity index (χ4v) is 3.24. The minimum Gasteiger partial charge on any atom is -0.359 e. The quantitative estimate of drug-likeness (QED) is 0.586. The molecule has 2 rings (SSSR count). The highest BCUT2D eigenvalue weighted by atomic mass is 35.5. The zero-order chi connectivity index (χ0) is 18.6. The van der Waals surface area contributed by atoms with E-state index < -0.39 is 20.6 Å². The summed E-state index contributed by atoms with van der Waals surface area (Å²) < 4.78 is 27.0. The van der Waals surface area contributed by atoms with Gasteiger partial charge in [0.1, 0.15) is 5.02 Å². The van der Waals surface area contributed by atoms with Crippen LogP contribution in [-0.4, -0.2) is 26.3 Å². The number of nitrogens with one attached hydrogen (secondary N) is 2. The molecule has 0 spiro atoms. The molecule has 132 valence electrons. The summed E-state index contributed by atoms with van der Waals surface area (Å²) in [6.07, 6.45) is 0.174. The Morgan fingerprint density at radius 2 is 1.84 bits per heavy atom. The van der Waals surface area contributed by atoms with Crippen LogP contribution in [0.2, 0.25) is 5.02 Å². The Morgan fingerprint density at radius 1 is 1.20 bits per heavy atom. The third-order valence-corrected chi connectivity index (χ3v) is 4.97. The van der Waals surface area contributed by atoms with Crippen LogP contribution in [0, 0.1) is 10.1 Å². The molecule has 2 N–H and O–H groups in total. The largest absolute Gasteiger partial charge is 0.359 e. The summed E-state index contributed by atoms with van der Waals surface area (Å²) in [5.74, 6) is -0.165. The molecule has 0 aliphatic heterocycles. The molecule has 0 aliphatic carbocycles. The van der Waals surface area contributed by atoms with Crippen molar-refractivity contribution in [2.45, 2.75) is 11.3 Å². The Bertz CT molecular complexity index is 913. The van der Waals surface area contributed by atoms with Crippen LogP contribution in [0.25, 0.3) is 0 Å². The number of hydrogen-bond acceptors (Lipinski definition) is 5. The second-order valence-electron chi connectivity index (χ2n) is 5.02. The van der Waals surface area contributed by atoms with Crippen molar-refractivity contribution in [3.63, 3.8) is 0 Å². The van der Waals surface area contributed by atoms with Crippen LogP contribution in [0.15, 0.2) is 47.4 Å². The maximum absolute atomic E-state index is 12.4. The Balaban J connectivity index is 2.23. The van der Waals surface area contributed by atoms with Gasteiger partial charge in [0.25, 0.3) is 15.7 Å². The van der Waals surface area contributed by atoms with Gasteiger partial charge < -0.3 is 5.32 Å². The number of hydrogen-bond donors (Lipinski definition) is 2. The van der Waals surface area contributed by atoms with Gasteiger partial charge >= 0.3 is 0 Å². The summed E-state index contributed by atoms with van der Waals surface area (Å²) in [4.78, 5) is 21.2. The zero-order valence-corrected chi connectivity index (χ0v) is 14.6. The number of nitro groups is 1. The molecule has 0 atom stereocenters. The van der Waals surface area contributed by atoms with Crippen LogP contribution in [0.5, 0.6) is 0 Å². The molecule has 1 amide bonds. The van der Waals surface area contributed by atoms with Crippen LogP contribution in [0.1, 0.15) is 5.56 Å². The lowest BCUT2D eigenvalue weighted by atomic mass is 10.1. The van der Waals surface area contributed by atoms with Crippen molar-refractivity contribution in [1.29, 1.82) is 0 Å². The van der Waals surface area contributed by atoms with E-state index in [0.29, 0.717) is 5.56 Å². The molecular weight excluding hydrogens is 370 g/mol. The first-order valence-corrected chi connectivity index (χ1v) is 8.85. The number of likely N-dealkylation sites (N-methyl/N-ethyl adjacent to an activating group) is 1. The Morgan fingerprint density at radius 3 is 2.40 bits per heavy atom. The fraction of sp³-hybridized carbons (Fsp3) is 0.133. The number of amides is 1. The molecule has 0 unspecified atom stereocenters. The maximum atomic E-state index is 12.4. The molecule has 25 heavy (non-hydrogen) atoms. The monoisotopic (exact) mass is 383 g/mol. The summed E-state index contributed by atoms with van der Waals surface area (Å²) in [5, 5.41) is 13.2. The van der Waals surface area contributed by atoms with Crippen LogP contribution in [0.3, 0.4) is 0 Å². The SMILES string of the molecule is CNC(=O)Cc1ccc(NS(=O)(=O)c2ccc(Cl)c([N+](=O)[O-])c2)cc1. The topological polar surface area (TPSA) is 118 Å². The number of rotatable bonds is 6. The summed E-state index contributed by atoms with van der Waals surface area (Å²) in [5.41, 5.74) is 0.480. The molecule has 2 aromatic rings. The van der Waals surface area contributed by atoms with Crippen LogP contribution >= 0.6 is 11.6 Å². The first-order chi connectivity index (χ1) is 11.7. The number of anilines is 1. The van der Waals surface area contributed by atoms with Crippen molar-refractivity contribution in [3.8, 4) is 0 Å². The summed E-state index contributed by atoms with van der Waals surface area (Å²) >= 11 is 5.68. The van der Waals surface area contributed by atoms with E-state index in [-0.39, 0.29) is 27.9 Å². The van der Waals surface area contributed by atoms with E-state index in [4.69, 9.17) is 11.6 Å². The Kier molecular flexibility index (Phi) is 5.60. The van der Waals surface area contributed by atoms with Crippen molar-refractivity contribution < 1.29 is 18.1 Å². The van der Waals surface area contributed by atoms with Crippen molar-refractivity contribution in [2.75, 3.05) is 11.8 Å². The summed E-state index contributed by atoms with van der Waals surface area (Å²) in [7, 11) is -2.50. The van der Waals surface area contributed by atoms with Crippen LogP contribution in [-0.2, 0) is 21.2 Å². The Labute approximate surface area is 149 Å². The highest BCUT2D eigenvalue weighted by Crippen LogP contribution is 2.28. The summed E-state index contributed by atoms with van der Waals surface area (Å²) in [6, 6.07) is 9.44. The highest BCUT2D eigenvalue weighted by Gasteiger charge is 2.20. The van der Waals surface area contributed by atoms with Gasteiger partial charge in [0.15, 0.2) is 0 Å². The Hall–Kier alpha value is -2.65. The lowest BCUT2D eigenvalue weighted by Crippen LogP contribution is -2.19. The van der Waals surface area contributed by atoms with Gasteiger partial charge in [0, 0.05) is 18.8 Å². The van der Waals surface area contributed by atoms with Gasteiger partial charge in [0.05, 0.1) is 16.2 Å². The molecule has 0 bridgehead atoms. The van der Waals surface area contributed by atoms with E-state index in [1.165, 1.54) is 25.2 Å². The number of halogens is 1. The van der Waals surface area contributed by atoms with E-state index in [1.54, 1.807) is 12.1 Å². The smallest absolute Gasteiger partial charge is 0.289 e. The first-order valence-electron chi connectivity index (χ1n) is 6.99. The molecular formula is C15H14ClN3O5S. The zero-order valence-electron chi connectivity index (χ0n) is 13.0. The van der Waals surface area contributed by atoms with E-state index in [1.807, 2.05) is 0 Å². The van der Waals surface area contributed by atoms with Gasteiger partial charge in [-0.1, -0.05) is 23.7 Å². The standard InChI is InChI=1S/C15H14ClN3O5S/c1-17-15(20)8-10-2-4-11(5-3-10)18-25(23,24)12-6-7-13(16)14(9-12)19(21)22/h2-7,9,18H,8H2,1H3,(H,17,20). The maximum Gasteiger partial charge on any atom is 0.289 e. The van der Waals surface area contributed by atoms with E-state index in [2.05, 4.69) is 10.0 Å². The normalized spacial score (nSPS) is 11.0. The van der Waals surface area contributed by atoms with Crippen LogP contribution in [0.4, 0.5) is 11.4 Å². The van der Waals surface area contributed by atoms with Gasteiger partial charge in [-0.25, -0.2) is 8.42 Å². The molecule has 0 radical (unpaired) electrons. The minimum atomic E-state index is -4.02. The van der Waals surface area contributed by atoms with Crippen molar-refractivity contribution >= 4 is 38.9 Å². The predicted molar refractivity (Wildman–Crippen MR) is 93.1 cm³/mol. The van der Waals surface area contributed by atoms with Crippen molar-refractivity contribution in [3.05, 3.63) is 63.2 Å². The number of benzene rings is 2. The van der Waals surface area contributed by atoms with Crippen LogP contribution < -0.4 is 10.0 Å². The van der Waals surface area contributed by atoms with Gasteiger partial charge in [-0.15, -0.1) is 0 Å². The second kappa shape index (κ2) is 7.49. The average Bonchev–Trinajstić information content (AvgIpc) is 2.56. The number of nitro benzene ring substituents is 1. The molecule has 0 aliphatic rings. The van der Waals surface area contributed by atoms with Gasteiger partial charge in [-0.3, -0.25) is 19.6 Å².